The van der Waals surface area contributed by atoms with Gasteiger partial charge in [0.1, 0.15) is 5.69 Å². The van der Waals surface area contributed by atoms with Crippen LogP contribution in [0.4, 0.5) is 13.2 Å². The summed E-state index contributed by atoms with van der Waals surface area (Å²) in [4.78, 5) is 14.1. The number of H-pyrrole nitrogens is 1. The number of halogens is 4. The second-order valence-corrected chi connectivity index (χ2v) is 6.25. The van der Waals surface area contributed by atoms with Crippen LogP contribution in [0.5, 0.6) is 0 Å². The maximum Gasteiger partial charge on any atom is 0.432 e. The number of aromatic amines is 1. The van der Waals surface area contributed by atoms with E-state index in [4.69, 9.17) is 16.3 Å². The topological polar surface area (TPSA) is 58.2 Å². The molecule has 9 heteroatoms. The molecule has 0 aliphatic carbocycles. The molecule has 1 N–H and O–H groups in total. The number of carbonyl (C=O) groups is 1. The first-order valence-corrected chi connectivity index (χ1v) is 7.95. The maximum atomic E-state index is 12.7. The third kappa shape index (κ3) is 4.13. The van der Waals surface area contributed by atoms with E-state index in [2.05, 4.69) is 5.10 Å². The van der Waals surface area contributed by atoms with Crippen LogP contribution in [0, 0.1) is 5.92 Å². The fourth-order valence-electron chi connectivity index (χ4n) is 2.49. The number of hydrogen-bond acceptors (Lipinski definition) is 3. The molecular weight excluding hydrogens is 359 g/mol. The van der Waals surface area contributed by atoms with E-state index in [-0.39, 0.29) is 18.2 Å². The van der Waals surface area contributed by atoms with Crippen molar-refractivity contribution in [2.75, 3.05) is 19.8 Å². The second-order valence-electron chi connectivity index (χ2n) is 5.85. The molecule has 0 unspecified atom stereocenters. The van der Waals surface area contributed by atoms with Crippen LogP contribution in [0.2, 0.25) is 5.02 Å². The molecule has 25 heavy (non-hydrogen) atoms. The summed E-state index contributed by atoms with van der Waals surface area (Å²) < 4.78 is 43.2. The lowest BCUT2D eigenvalue weighted by molar-refractivity contribution is -0.141. The van der Waals surface area contributed by atoms with Gasteiger partial charge >= 0.3 is 6.18 Å². The molecule has 0 radical (unpaired) electrons. The number of carbonyl (C=O) groups excluding carboxylic acids is 1. The van der Waals surface area contributed by atoms with Gasteiger partial charge in [-0.05, 0) is 11.6 Å². The zero-order valence-electron chi connectivity index (χ0n) is 13.0. The maximum absolute atomic E-state index is 12.7. The Balaban J connectivity index is 1.81. The van der Waals surface area contributed by atoms with Gasteiger partial charge in [-0.15, -0.1) is 0 Å². The van der Waals surface area contributed by atoms with Gasteiger partial charge in [-0.2, -0.15) is 18.3 Å². The number of rotatable bonds is 5. The van der Waals surface area contributed by atoms with Crippen molar-refractivity contribution >= 4 is 17.5 Å². The van der Waals surface area contributed by atoms with Gasteiger partial charge in [-0.3, -0.25) is 9.89 Å². The largest absolute Gasteiger partial charge is 0.432 e. The smallest absolute Gasteiger partial charge is 0.381 e. The molecule has 1 aromatic carbocycles. The summed E-state index contributed by atoms with van der Waals surface area (Å²) in [5.74, 6) is -0.439. The van der Waals surface area contributed by atoms with Crippen LogP contribution < -0.4 is 0 Å². The Bertz CT molecular complexity index is 759. The standard InChI is InChI=1S/C16H15ClF3N3O2/c17-12-4-2-1-3-11(12)7-23(6-10-8-25-9-10)15(24)13-5-14(22-21-13)16(18,19)20/h1-5,10H,6-9H2,(H,21,22). The normalized spacial score (nSPS) is 15.0. The summed E-state index contributed by atoms with van der Waals surface area (Å²) in [6, 6.07) is 7.74. The van der Waals surface area contributed by atoms with Crippen LogP contribution in [-0.4, -0.2) is 40.8 Å². The number of ether oxygens (including phenoxy) is 1. The van der Waals surface area contributed by atoms with Gasteiger partial charge in [-0.1, -0.05) is 29.8 Å². The highest BCUT2D eigenvalue weighted by molar-refractivity contribution is 6.31. The van der Waals surface area contributed by atoms with Gasteiger partial charge in [0.25, 0.3) is 5.91 Å². The zero-order chi connectivity index (χ0) is 18.0. The number of benzene rings is 1. The highest BCUT2D eigenvalue weighted by Gasteiger charge is 2.35. The lowest BCUT2D eigenvalue weighted by atomic mass is 10.1. The average Bonchev–Trinajstić information content (AvgIpc) is 3.01. The number of hydrogen-bond donors (Lipinski definition) is 1. The SMILES string of the molecule is O=C(c1cc(C(F)(F)F)[nH]n1)N(Cc1ccccc1Cl)CC1COC1. The van der Waals surface area contributed by atoms with Gasteiger partial charge in [0.15, 0.2) is 5.69 Å². The molecule has 1 aromatic heterocycles. The average molecular weight is 374 g/mol. The molecular formula is C16H15ClF3N3O2. The summed E-state index contributed by atoms with van der Waals surface area (Å²) >= 11 is 6.13. The van der Waals surface area contributed by atoms with Crippen molar-refractivity contribution < 1.29 is 22.7 Å². The summed E-state index contributed by atoms with van der Waals surface area (Å²) in [5, 5.41) is 5.87. The van der Waals surface area contributed by atoms with Crippen LogP contribution in [0.15, 0.2) is 30.3 Å². The summed E-state index contributed by atoms with van der Waals surface area (Å²) in [6.07, 6.45) is -4.58. The van der Waals surface area contributed by atoms with E-state index in [0.29, 0.717) is 30.3 Å². The Morgan fingerprint density at radius 2 is 2.08 bits per heavy atom. The molecule has 1 amide bonds. The van der Waals surface area contributed by atoms with Crippen LogP contribution in [0.3, 0.4) is 0 Å². The van der Waals surface area contributed by atoms with Crippen LogP contribution in [0.1, 0.15) is 21.7 Å². The Morgan fingerprint density at radius 1 is 1.36 bits per heavy atom. The van der Waals surface area contributed by atoms with Crippen LogP contribution >= 0.6 is 11.6 Å². The van der Waals surface area contributed by atoms with E-state index in [9.17, 15) is 18.0 Å². The summed E-state index contributed by atoms with van der Waals surface area (Å²) in [5.41, 5.74) is -0.621. The first-order chi connectivity index (χ1) is 11.8. The second kappa shape index (κ2) is 7.05. The number of nitrogens with one attached hydrogen (secondary N) is 1. The third-order valence-electron chi connectivity index (χ3n) is 3.89. The van der Waals surface area contributed by atoms with Crippen LogP contribution in [-0.2, 0) is 17.5 Å². The van der Waals surface area contributed by atoms with Crippen molar-refractivity contribution in [1.82, 2.24) is 15.1 Å². The van der Waals surface area contributed by atoms with Crippen molar-refractivity contribution in [2.45, 2.75) is 12.7 Å². The molecule has 2 aromatic rings. The summed E-state index contributed by atoms with van der Waals surface area (Å²) in [6.45, 7) is 1.57. The first kappa shape index (κ1) is 17.8. The van der Waals surface area contributed by atoms with E-state index in [1.165, 1.54) is 4.90 Å². The molecule has 134 valence electrons. The molecule has 1 aliphatic rings. The van der Waals surface area contributed by atoms with Crippen molar-refractivity contribution in [3.05, 3.63) is 52.3 Å². The molecule has 0 spiro atoms. The molecule has 5 nitrogen and oxygen atoms in total. The lowest BCUT2D eigenvalue weighted by Crippen LogP contribution is -2.42. The Labute approximate surface area is 146 Å². The number of aromatic nitrogens is 2. The van der Waals surface area contributed by atoms with Gasteiger partial charge < -0.3 is 9.64 Å². The molecule has 1 aliphatic heterocycles. The number of nitrogens with zero attached hydrogens (tertiary/aromatic N) is 2. The minimum absolute atomic E-state index is 0.146. The van der Waals surface area contributed by atoms with Crippen LogP contribution in [0.25, 0.3) is 0 Å². The first-order valence-electron chi connectivity index (χ1n) is 7.57. The predicted molar refractivity (Wildman–Crippen MR) is 84.1 cm³/mol. The minimum atomic E-state index is -4.58. The van der Waals surface area contributed by atoms with E-state index in [1.54, 1.807) is 24.3 Å². The van der Waals surface area contributed by atoms with E-state index in [1.807, 2.05) is 5.10 Å². The van der Waals surface area contributed by atoms with Crippen molar-refractivity contribution in [1.29, 1.82) is 0 Å². The number of amides is 1. The van der Waals surface area contributed by atoms with Gasteiger partial charge in [0.05, 0.1) is 13.2 Å². The zero-order valence-corrected chi connectivity index (χ0v) is 13.8. The molecule has 3 rings (SSSR count). The Morgan fingerprint density at radius 3 is 2.64 bits per heavy atom. The fourth-order valence-corrected chi connectivity index (χ4v) is 2.69. The molecule has 2 heterocycles. The Hall–Kier alpha value is -2.06. The third-order valence-corrected chi connectivity index (χ3v) is 4.26. The predicted octanol–water partition coefficient (Wildman–Crippen LogP) is 3.37. The summed E-state index contributed by atoms with van der Waals surface area (Å²) in [7, 11) is 0. The van der Waals surface area contributed by atoms with Gasteiger partial charge in [0.2, 0.25) is 0 Å². The highest BCUT2D eigenvalue weighted by Crippen LogP contribution is 2.28. The van der Waals surface area contributed by atoms with Gasteiger partial charge in [-0.25, -0.2) is 0 Å². The molecule has 0 bridgehead atoms. The molecule has 0 saturated carbocycles. The van der Waals surface area contributed by atoms with Crippen molar-refractivity contribution in [2.24, 2.45) is 5.92 Å². The monoisotopic (exact) mass is 373 g/mol. The fraction of sp³-hybridized carbons (Fsp3) is 0.375. The van der Waals surface area contributed by atoms with E-state index >= 15 is 0 Å². The van der Waals surface area contributed by atoms with E-state index in [0.717, 1.165) is 6.07 Å². The molecule has 1 fully saturated rings. The highest BCUT2D eigenvalue weighted by atomic mass is 35.5. The lowest BCUT2D eigenvalue weighted by Gasteiger charge is -2.32. The number of alkyl halides is 3. The van der Waals surface area contributed by atoms with E-state index < -0.39 is 17.8 Å². The Kier molecular flexibility index (Phi) is 5.01. The van der Waals surface area contributed by atoms with Crippen molar-refractivity contribution in [3.8, 4) is 0 Å². The quantitative estimate of drug-likeness (QED) is 0.874. The van der Waals surface area contributed by atoms with Gasteiger partial charge in [0, 0.05) is 30.1 Å². The molecule has 0 atom stereocenters. The minimum Gasteiger partial charge on any atom is -0.381 e. The van der Waals surface area contributed by atoms with Crippen molar-refractivity contribution in [3.63, 3.8) is 0 Å². The molecule has 1 saturated heterocycles.